The number of carbonyl (C=O) groups is 2. The molecule has 10 heavy (non-hydrogen) atoms. The average molecular weight is 145 g/mol. The van der Waals surface area contributed by atoms with Gasteiger partial charge in [-0.15, -0.1) is 0 Å². The molecule has 0 aliphatic heterocycles. The van der Waals surface area contributed by atoms with E-state index in [0.29, 0.717) is 6.29 Å². The molecule has 4 nitrogen and oxygen atoms in total. The fourth-order valence-electron chi connectivity index (χ4n) is 0.546. The lowest BCUT2D eigenvalue weighted by Crippen LogP contribution is -2.31. The lowest BCUT2D eigenvalue weighted by Gasteiger charge is -2.10. The standard InChI is InChI=1S/C6H11NO3/c1-4(2-6(9)10)5(7)3-8/h3-5H,2,7H2,1H3,(H,9,10)/t4?,5-/m1/s1. The highest BCUT2D eigenvalue weighted by atomic mass is 16.4. The van der Waals surface area contributed by atoms with Crippen LogP contribution in [0.5, 0.6) is 0 Å². The maximum atomic E-state index is 10.1. The van der Waals surface area contributed by atoms with E-state index < -0.39 is 12.0 Å². The van der Waals surface area contributed by atoms with Gasteiger partial charge >= 0.3 is 5.97 Å². The van der Waals surface area contributed by atoms with E-state index >= 15 is 0 Å². The van der Waals surface area contributed by atoms with Crippen LogP contribution in [0.4, 0.5) is 0 Å². The number of hydrogen-bond acceptors (Lipinski definition) is 3. The van der Waals surface area contributed by atoms with E-state index in [4.69, 9.17) is 10.8 Å². The molecule has 0 spiro atoms. The van der Waals surface area contributed by atoms with Crippen molar-refractivity contribution in [3.63, 3.8) is 0 Å². The maximum Gasteiger partial charge on any atom is 0.303 e. The zero-order valence-corrected chi connectivity index (χ0v) is 5.78. The number of hydrogen-bond donors (Lipinski definition) is 2. The Morgan fingerprint density at radius 2 is 2.30 bits per heavy atom. The molecule has 0 aliphatic rings. The Hall–Kier alpha value is -0.900. The molecule has 0 heterocycles. The van der Waals surface area contributed by atoms with Gasteiger partial charge in [-0.1, -0.05) is 6.92 Å². The SMILES string of the molecule is CC(CC(=O)O)[C@H](N)C=O. The number of carbonyl (C=O) groups excluding carboxylic acids is 1. The van der Waals surface area contributed by atoms with Crippen molar-refractivity contribution >= 4 is 12.3 Å². The van der Waals surface area contributed by atoms with Crippen LogP contribution in [-0.4, -0.2) is 23.4 Å². The zero-order valence-electron chi connectivity index (χ0n) is 5.78. The van der Waals surface area contributed by atoms with E-state index in [9.17, 15) is 9.59 Å². The minimum atomic E-state index is -0.926. The van der Waals surface area contributed by atoms with E-state index in [-0.39, 0.29) is 12.3 Å². The molecular weight excluding hydrogens is 134 g/mol. The summed E-state index contributed by atoms with van der Waals surface area (Å²) in [4.78, 5) is 20.1. The first-order chi connectivity index (χ1) is 4.57. The number of rotatable bonds is 4. The molecule has 2 atom stereocenters. The number of carboxylic acid groups (broad SMARTS) is 1. The molecule has 4 heteroatoms. The van der Waals surface area contributed by atoms with E-state index in [1.54, 1.807) is 6.92 Å². The molecular formula is C6H11NO3. The third kappa shape index (κ3) is 3.19. The Morgan fingerprint density at radius 1 is 1.80 bits per heavy atom. The zero-order chi connectivity index (χ0) is 8.15. The Balaban J connectivity index is 3.71. The summed E-state index contributed by atoms with van der Waals surface area (Å²) in [7, 11) is 0. The third-order valence-electron chi connectivity index (χ3n) is 1.31. The normalized spacial score (nSPS) is 15.8. The van der Waals surface area contributed by atoms with Gasteiger partial charge in [-0.25, -0.2) is 0 Å². The molecule has 0 aromatic carbocycles. The van der Waals surface area contributed by atoms with E-state index in [1.165, 1.54) is 0 Å². The van der Waals surface area contributed by atoms with Crippen molar-refractivity contribution in [2.24, 2.45) is 11.7 Å². The maximum absolute atomic E-state index is 10.1. The smallest absolute Gasteiger partial charge is 0.303 e. The van der Waals surface area contributed by atoms with Gasteiger partial charge in [0.25, 0.3) is 0 Å². The Bertz CT molecular complexity index is 135. The van der Waals surface area contributed by atoms with Crippen LogP contribution in [0.1, 0.15) is 13.3 Å². The van der Waals surface area contributed by atoms with Gasteiger partial charge in [-0.05, 0) is 5.92 Å². The van der Waals surface area contributed by atoms with Crippen LogP contribution >= 0.6 is 0 Å². The van der Waals surface area contributed by atoms with E-state index in [2.05, 4.69) is 0 Å². The van der Waals surface area contributed by atoms with Gasteiger partial charge in [0.05, 0.1) is 6.04 Å². The summed E-state index contributed by atoms with van der Waals surface area (Å²) in [5.41, 5.74) is 5.23. The van der Waals surface area contributed by atoms with Crippen LogP contribution < -0.4 is 5.73 Å². The van der Waals surface area contributed by atoms with Crippen molar-refractivity contribution in [1.82, 2.24) is 0 Å². The summed E-state index contributed by atoms with van der Waals surface area (Å²) in [6.45, 7) is 1.63. The van der Waals surface area contributed by atoms with E-state index in [0.717, 1.165) is 0 Å². The summed E-state index contributed by atoms with van der Waals surface area (Å²) in [5.74, 6) is -1.21. The number of nitrogens with two attached hydrogens (primary N) is 1. The predicted octanol–water partition coefficient (Wildman–Crippen LogP) is -0.377. The Kier molecular flexibility index (Phi) is 3.64. The molecule has 1 unspecified atom stereocenters. The average Bonchev–Trinajstić information content (AvgIpc) is 1.85. The lowest BCUT2D eigenvalue weighted by atomic mass is 10.0. The first kappa shape index (κ1) is 9.10. The minimum Gasteiger partial charge on any atom is -0.481 e. The van der Waals surface area contributed by atoms with Gasteiger partial charge < -0.3 is 15.6 Å². The molecule has 0 rings (SSSR count). The number of carboxylic acids is 1. The molecule has 0 aromatic rings. The molecule has 0 saturated carbocycles. The molecule has 3 N–H and O–H groups in total. The highest BCUT2D eigenvalue weighted by Gasteiger charge is 2.14. The van der Waals surface area contributed by atoms with Crippen LogP contribution in [0.15, 0.2) is 0 Å². The summed E-state index contributed by atoms with van der Waals surface area (Å²) in [6.07, 6.45) is 0.507. The molecule has 0 saturated heterocycles. The fraction of sp³-hybridized carbons (Fsp3) is 0.667. The fourth-order valence-corrected chi connectivity index (χ4v) is 0.546. The molecule has 0 radical (unpaired) electrons. The first-order valence-corrected chi connectivity index (χ1v) is 3.00. The van der Waals surface area contributed by atoms with Crippen LogP contribution in [0.25, 0.3) is 0 Å². The highest BCUT2D eigenvalue weighted by molar-refractivity contribution is 5.68. The van der Waals surface area contributed by atoms with E-state index in [1.807, 2.05) is 0 Å². The van der Waals surface area contributed by atoms with Crippen molar-refractivity contribution < 1.29 is 14.7 Å². The van der Waals surface area contributed by atoms with Crippen molar-refractivity contribution in [3.05, 3.63) is 0 Å². The summed E-state index contributed by atoms with van der Waals surface area (Å²) < 4.78 is 0. The molecule has 0 amide bonds. The molecule has 58 valence electrons. The first-order valence-electron chi connectivity index (χ1n) is 3.00. The van der Waals surface area contributed by atoms with Gasteiger partial charge in [-0.2, -0.15) is 0 Å². The summed E-state index contributed by atoms with van der Waals surface area (Å²) in [5, 5.41) is 8.26. The number of aldehydes is 1. The third-order valence-corrected chi connectivity index (χ3v) is 1.31. The van der Waals surface area contributed by atoms with Crippen molar-refractivity contribution in [1.29, 1.82) is 0 Å². The Labute approximate surface area is 59.0 Å². The Morgan fingerprint density at radius 3 is 2.60 bits per heavy atom. The monoisotopic (exact) mass is 145 g/mol. The predicted molar refractivity (Wildman–Crippen MR) is 35.5 cm³/mol. The second-order valence-corrected chi connectivity index (χ2v) is 2.29. The van der Waals surface area contributed by atoms with Gasteiger partial charge in [0, 0.05) is 6.42 Å². The lowest BCUT2D eigenvalue weighted by molar-refractivity contribution is -0.138. The van der Waals surface area contributed by atoms with Crippen molar-refractivity contribution in [2.75, 3.05) is 0 Å². The van der Waals surface area contributed by atoms with Gasteiger partial charge in [0.2, 0.25) is 0 Å². The quantitative estimate of drug-likeness (QED) is 0.528. The summed E-state index contributed by atoms with van der Waals surface area (Å²) >= 11 is 0. The summed E-state index contributed by atoms with van der Waals surface area (Å²) in [6, 6.07) is -0.656. The van der Waals surface area contributed by atoms with Crippen LogP contribution in [0.3, 0.4) is 0 Å². The van der Waals surface area contributed by atoms with Crippen LogP contribution in [-0.2, 0) is 9.59 Å². The topological polar surface area (TPSA) is 80.4 Å². The van der Waals surface area contributed by atoms with Crippen LogP contribution in [0.2, 0.25) is 0 Å². The number of aliphatic carboxylic acids is 1. The molecule has 0 bridgehead atoms. The van der Waals surface area contributed by atoms with Gasteiger partial charge in [0.1, 0.15) is 6.29 Å². The largest absolute Gasteiger partial charge is 0.481 e. The molecule has 0 fully saturated rings. The van der Waals surface area contributed by atoms with Crippen molar-refractivity contribution in [2.45, 2.75) is 19.4 Å². The highest BCUT2D eigenvalue weighted by Crippen LogP contribution is 2.03. The van der Waals surface area contributed by atoms with Crippen molar-refractivity contribution in [3.8, 4) is 0 Å². The van der Waals surface area contributed by atoms with Crippen LogP contribution in [0, 0.1) is 5.92 Å². The second kappa shape index (κ2) is 4.00. The van der Waals surface area contributed by atoms with Gasteiger partial charge in [-0.3, -0.25) is 4.79 Å². The molecule has 0 aromatic heterocycles. The molecule has 0 aliphatic carbocycles. The van der Waals surface area contributed by atoms with Gasteiger partial charge in [0.15, 0.2) is 0 Å². The second-order valence-electron chi connectivity index (χ2n) is 2.29. The minimum absolute atomic E-state index is 0.0556.